The highest BCUT2D eigenvalue weighted by molar-refractivity contribution is 5.52. The van der Waals surface area contributed by atoms with Gasteiger partial charge < -0.3 is 10.1 Å². The van der Waals surface area contributed by atoms with Gasteiger partial charge in [-0.05, 0) is 25.0 Å². The Hall–Kier alpha value is -1.28. The topological polar surface area (TPSA) is 21.3 Å². The predicted octanol–water partition coefficient (Wildman–Crippen LogP) is 2.86. The zero-order valence-electron chi connectivity index (χ0n) is 9.49. The standard InChI is InChI=1S/C13H19NO/c1-4-11(2)14-13-8-6-5-7-12(13)9-10-15-3/h4-8,11,14H,1,9-10H2,2-3H3. The van der Waals surface area contributed by atoms with Gasteiger partial charge in [-0.1, -0.05) is 24.3 Å². The fourth-order valence-electron chi connectivity index (χ4n) is 1.40. The van der Waals surface area contributed by atoms with Crippen LogP contribution in [0.3, 0.4) is 0 Å². The molecule has 0 amide bonds. The molecule has 82 valence electrons. The molecule has 0 bridgehead atoms. The van der Waals surface area contributed by atoms with Crippen molar-refractivity contribution in [1.29, 1.82) is 0 Å². The minimum atomic E-state index is 0.286. The van der Waals surface area contributed by atoms with Gasteiger partial charge in [-0.25, -0.2) is 0 Å². The first-order chi connectivity index (χ1) is 7.27. The highest BCUT2D eigenvalue weighted by Crippen LogP contribution is 2.16. The van der Waals surface area contributed by atoms with E-state index in [1.165, 1.54) is 11.3 Å². The van der Waals surface area contributed by atoms with Crippen molar-refractivity contribution in [2.75, 3.05) is 19.0 Å². The van der Waals surface area contributed by atoms with Crippen molar-refractivity contribution in [2.45, 2.75) is 19.4 Å². The fraction of sp³-hybridized carbons (Fsp3) is 0.385. The zero-order valence-corrected chi connectivity index (χ0v) is 9.49. The summed E-state index contributed by atoms with van der Waals surface area (Å²) in [4.78, 5) is 0. The molecule has 2 heteroatoms. The predicted molar refractivity (Wildman–Crippen MR) is 65.3 cm³/mol. The van der Waals surface area contributed by atoms with Crippen LogP contribution in [0.25, 0.3) is 0 Å². The molecule has 1 atom stereocenters. The van der Waals surface area contributed by atoms with Crippen LogP contribution < -0.4 is 5.32 Å². The summed E-state index contributed by atoms with van der Waals surface area (Å²) in [6.07, 6.45) is 2.83. The van der Waals surface area contributed by atoms with Crippen LogP contribution in [0, 0.1) is 0 Å². The van der Waals surface area contributed by atoms with E-state index < -0.39 is 0 Å². The molecule has 0 heterocycles. The Morgan fingerprint density at radius 1 is 1.47 bits per heavy atom. The Labute approximate surface area is 92.0 Å². The molecule has 15 heavy (non-hydrogen) atoms. The molecule has 0 aliphatic rings. The first kappa shape index (κ1) is 11.8. The molecule has 1 unspecified atom stereocenters. The van der Waals surface area contributed by atoms with E-state index in [0.717, 1.165) is 13.0 Å². The van der Waals surface area contributed by atoms with Crippen LogP contribution in [0.5, 0.6) is 0 Å². The third-order valence-electron chi connectivity index (χ3n) is 2.33. The number of anilines is 1. The third-order valence-corrected chi connectivity index (χ3v) is 2.33. The lowest BCUT2D eigenvalue weighted by atomic mass is 10.1. The molecule has 0 spiro atoms. The van der Waals surface area contributed by atoms with E-state index in [-0.39, 0.29) is 6.04 Å². The molecule has 1 aromatic carbocycles. The van der Waals surface area contributed by atoms with Gasteiger partial charge in [-0.3, -0.25) is 0 Å². The van der Waals surface area contributed by atoms with Crippen LogP contribution in [0.4, 0.5) is 5.69 Å². The Morgan fingerprint density at radius 2 is 2.20 bits per heavy atom. The van der Waals surface area contributed by atoms with Crippen LogP contribution in [0.2, 0.25) is 0 Å². The first-order valence-corrected chi connectivity index (χ1v) is 5.24. The van der Waals surface area contributed by atoms with Crippen molar-refractivity contribution in [1.82, 2.24) is 0 Å². The van der Waals surface area contributed by atoms with E-state index >= 15 is 0 Å². The van der Waals surface area contributed by atoms with Crippen LogP contribution in [-0.2, 0) is 11.2 Å². The van der Waals surface area contributed by atoms with E-state index in [0.29, 0.717) is 0 Å². The number of hydrogen-bond donors (Lipinski definition) is 1. The molecule has 0 fully saturated rings. The van der Waals surface area contributed by atoms with E-state index in [9.17, 15) is 0 Å². The van der Waals surface area contributed by atoms with Gasteiger partial charge in [0.15, 0.2) is 0 Å². The van der Waals surface area contributed by atoms with E-state index in [1.807, 2.05) is 12.1 Å². The Morgan fingerprint density at radius 3 is 2.87 bits per heavy atom. The van der Waals surface area contributed by atoms with Crippen molar-refractivity contribution >= 4 is 5.69 Å². The van der Waals surface area contributed by atoms with E-state index in [4.69, 9.17) is 4.74 Å². The molecule has 0 aliphatic carbocycles. The van der Waals surface area contributed by atoms with Crippen molar-refractivity contribution in [3.8, 4) is 0 Å². The minimum Gasteiger partial charge on any atom is -0.384 e. The number of benzene rings is 1. The molecule has 0 aromatic heterocycles. The summed E-state index contributed by atoms with van der Waals surface area (Å²) < 4.78 is 5.08. The number of para-hydroxylation sites is 1. The van der Waals surface area contributed by atoms with Gasteiger partial charge >= 0.3 is 0 Å². The van der Waals surface area contributed by atoms with Crippen LogP contribution in [0.1, 0.15) is 12.5 Å². The molecule has 1 rings (SSSR count). The maximum Gasteiger partial charge on any atom is 0.0503 e. The molecule has 0 saturated carbocycles. The first-order valence-electron chi connectivity index (χ1n) is 5.24. The Kier molecular flexibility index (Phi) is 4.91. The lowest BCUT2D eigenvalue weighted by Gasteiger charge is -2.14. The quantitative estimate of drug-likeness (QED) is 0.721. The van der Waals surface area contributed by atoms with Gasteiger partial charge in [-0.15, -0.1) is 6.58 Å². The number of methoxy groups -OCH3 is 1. The number of hydrogen-bond acceptors (Lipinski definition) is 2. The molecular formula is C13H19NO. The summed E-state index contributed by atoms with van der Waals surface area (Å²) in [5, 5.41) is 3.40. The van der Waals surface area contributed by atoms with Crippen LogP contribution >= 0.6 is 0 Å². The van der Waals surface area contributed by atoms with Crippen LogP contribution in [0.15, 0.2) is 36.9 Å². The summed E-state index contributed by atoms with van der Waals surface area (Å²) in [7, 11) is 1.72. The molecule has 0 radical (unpaired) electrons. The lowest BCUT2D eigenvalue weighted by molar-refractivity contribution is 0.202. The lowest BCUT2D eigenvalue weighted by Crippen LogP contribution is -2.13. The van der Waals surface area contributed by atoms with E-state index in [1.54, 1.807) is 7.11 Å². The van der Waals surface area contributed by atoms with Gasteiger partial charge in [0.2, 0.25) is 0 Å². The van der Waals surface area contributed by atoms with Gasteiger partial charge in [-0.2, -0.15) is 0 Å². The zero-order chi connectivity index (χ0) is 11.1. The largest absolute Gasteiger partial charge is 0.384 e. The van der Waals surface area contributed by atoms with Gasteiger partial charge in [0.05, 0.1) is 6.61 Å². The highest BCUT2D eigenvalue weighted by Gasteiger charge is 2.02. The SMILES string of the molecule is C=CC(C)Nc1ccccc1CCOC. The second-order valence-corrected chi connectivity index (χ2v) is 3.57. The maximum absolute atomic E-state index is 5.08. The van der Waals surface area contributed by atoms with Crippen molar-refractivity contribution in [3.05, 3.63) is 42.5 Å². The second kappa shape index (κ2) is 6.25. The highest BCUT2D eigenvalue weighted by atomic mass is 16.5. The normalized spacial score (nSPS) is 12.1. The second-order valence-electron chi connectivity index (χ2n) is 3.57. The molecule has 1 N–H and O–H groups in total. The summed E-state index contributed by atoms with van der Waals surface area (Å²) in [5.41, 5.74) is 2.45. The monoisotopic (exact) mass is 205 g/mol. The molecule has 0 aliphatic heterocycles. The molecule has 1 aromatic rings. The summed E-state index contributed by atoms with van der Waals surface area (Å²) in [5.74, 6) is 0. The van der Waals surface area contributed by atoms with Gasteiger partial charge in [0, 0.05) is 18.8 Å². The summed E-state index contributed by atoms with van der Waals surface area (Å²) >= 11 is 0. The molecular weight excluding hydrogens is 186 g/mol. The number of nitrogens with one attached hydrogen (secondary N) is 1. The van der Waals surface area contributed by atoms with Crippen molar-refractivity contribution in [2.24, 2.45) is 0 Å². The smallest absolute Gasteiger partial charge is 0.0503 e. The van der Waals surface area contributed by atoms with Gasteiger partial charge in [0.1, 0.15) is 0 Å². The number of ether oxygens (including phenoxy) is 1. The average molecular weight is 205 g/mol. The Bertz CT molecular complexity index is 309. The van der Waals surface area contributed by atoms with Crippen molar-refractivity contribution < 1.29 is 4.74 Å². The third kappa shape index (κ3) is 3.76. The molecule has 0 saturated heterocycles. The van der Waals surface area contributed by atoms with Crippen molar-refractivity contribution in [3.63, 3.8) is 0 Å². The fourth-order valence-corrected chi connectivity index (χ4v) is 1.40. The Balaban J connectivity index is 2.71. The summed E-state index contributed by atoms with van der Waals surface area (Å²) in [6.45, 7) is 6.60. The van der Waals surface area contributed by atoms with Gasteiger partial charge in [0.25, 0.3) is 0 Å². The minimum absolute atomic E-state index is 0.286. The number of rotatable bonds is 6. The summed E-state index contributed by atoms with van der Waals surface area (Å²) in [6, 6.07) is 8.58. The maximum atomic E-state index is 5.08. The average Bonchev–Trinajstić information content (AvgIpc) is 2.28. The van der Waals surface area contributed by atoms with Crippen LogP contribution in [-0.4, -0.2) is 19.8 Å². The van der Waals surface area contributed by atoms with E-state index in [2.05, 4.69) is 37.0 Å². The molecule has 2 nitrogen and oxygen atoms in total.